The minimum absolute atomic E-state index is 0.193. The minimum Gasteiger partial charge on any atom is -0.324 e. The summed E-state index contributed by atoms with van der Waals surface area (Å²) in [6.45, 7) is 11.4. The van der Waals surface area contributed by atoms with Crippen LogP contribution in [0.4, 0.5) is 0 Å². The molecule has 2 N–H and O–H groups in total. The van der Waals surface area contributed by atoms with E-state index in [1.54, 1.807) is 11.3 Å². The molecule has 2 aromatic rings. The summed E-state index contributed by atoms with van der Waals surface area (Å²) in [5.74, 6) is 0. The molecule has 1 unspecified atom stereocenters. The lowest BCUT2D eigenvalue weighted by Gasteiger charge is -2.30. The molecule has 0 aliphatic heterocycles. The summed E-state index contributed by atoms with van der Waals surface area (Å²) in [4.78, 5) is 8.40. The van der Waals surface area contributed by atoms with Gasteiger partial charge in [-0.2, -0.15) is 0 Å². The third-order valence-corrected chi connectivity index (χ3v) is 5.21. The molecule has 4 heteroatoms. The van der Waals surface area contributed by atoms with E-state index >= 15 is 0 Å². The second kappa shape index (κ2) is 6.49. The van der Waals surface area contributed by atoms with Crippen molar-refractivity contribution < 1.29 is 0 Å². The number of aromatic nitrogens is 1. The van der Waals surface area contributed by atoms with Crippen molar-refractivity contribution in [3.05, 3.63) is 40.4 Å². The Hall–Kier alpha value is -1.23. The molecule has 0 aliphatic rings. The Morgan fingerprint density at radius 2 is 1.82 bits per heavy atom. The highest BCUT2D eigenvalue weighted by atomic mass is 32.1. The third kappa shape index (κ3) is 4.15. The maximum absolute atomic E-state index is 6.15. The minimum atomic E-state index is -0.193. The first-order valence-corrected chi connectivity index (χ1v) is 8.52. The van der Waals surface area contributed by atoms with Crippen LogP contribution in [0, 0.1) is 13.8 Å². The fourth-order valence-corrected chi connectivity index (χ4v) is 3.78. The first-order valence-electron chi connectivity index (χ1n) is 7.71. The normalized spacial score (nSPS) is 13.6. The second-order valence-corrected chi connectivity index (χ2v) is 7.95. The van der Waals surface area contributed by atoms with E-state index in [-0.39, 0.29) is 5.54 Å². The number of benzene rings is 1. The average Bonchev–Trinajstić information content (AvgIpc) is 2.78. The van der Waals surface area contributed by atoms with Crippen molar-refractivity contribution in [3.8, 4) is 10.6 Å². The fourth-order valence-electron chi connectivity index (χ4n) is 2.60. The molecule has 0 bridgehead atoms. The molecule has 1 heterocycles. The Bertz CT molecular complexity index is 623. The van der Waals surface area contributed by atoms with Gasteiger partial charge in [-0.05, 0) is 41.7 Å². The number of aryl methyl sites for hydroxylation is 2. The first-order chi connectivity index (χ1) is 10.2. The Morgan fingerprint density at radius 3 is 2.36 bits per heavy atom. The Balaban J connectivity index is 2.24. The smallest absolute Gasteiger partial charge is 0.123 e. The molecular formula is C18H27N3S. The monoisotopic (exact) mass is 317 g/mol. The standard InChI is InChI=1S/C18H27N3S/c1-12-7-9-15(10-8-12)17-20-13(2)16(22-17)14(3)21(6)11-18(4,5)19/h7-10,14H,11,19H2,1-6H3. The number of nitrogens with zero attached hydrogens (tertiary/aromatic N) is 2. The van der Waals surface area contributed by atoms with Gasteiger partial charge in [0.1, 0.15) is 5.01 Å². The molecule has 0 radical (unpaired) electrons. The van der Waals surface area contributed by atoms with E-state index in [1.807, 2.05) is 0 Å². The summed E-state index contributed by atoms with van der Waals surface area (Å²) in [5, 5.41) is 1.10. The van der Waals surface area contributed by atoms with Crippen LogP contribution >= 0.6 is 11.3 Å². The zero-order valence-corrected chi connectivity index (χ0v) is 15.3. The molecule has 2 rings (SSSR count). The van der Waals surface area contributed by atoms with Gasteiger partial charge >= 0.3 is 0 Å². The van der Waals surface area contributed by atoms with Crippen LogP contribution in [0.15, 0.2) is 24.3 Å². The van der Waals surface area contributed by atoms with E-state index in [4.69, 9.17) is 10.7 Å². The summed E-state index contributed by atoms with van der Waals surface area (Å²) in [6, 6.07) is 8.89. The van der Waals surface area contributed by atoms with Crippen LogP contribution in [0.2, 0.25) is 0 Å². The van der Waals surface area contributed by atoms with E-state index in [9.17, 15) is 0 Å². The number of rotatable bonds is 5. The van der Waals surface area contributed by atoms with E-state index in [0.717, 1.165) is 17.2 Å². The van der Waals surface area contributed by atoms with Crippen molar-refractivity contribution in [3.63, 3.8) is 0 Å². The molecule has 0 spiro atoms. The van der Waals surface area contributed by atoms with Gasteiger partial charge < -0.3 is 5.73 Å². The van der Waals surface area contributed by atoms with Gasteiger partial charge in [0.25, 0.3) is 0 Å². The Kier molecular flexibility index (Phi) is 5.05. The second-order valence-electron chi connectivity index (χ2n) is 6.91. The van der Waals surface area contributed by atoms with Crippen LogP contribution < -0.4 is 5.73 Å². The highest BCUT2D eigenvalue weighted by Crippen LogP contribution is 2.34. The highest BCUT2D eigenvalue weighted by Gasteiger charge is 2.22. The Morgan fingerprint density at radius 1 is 1.23 bits per heavy atom. The highest BCUT2D eigenvalue weighted by molar-refractivity contribution is 7.15. The number of hydrogen-bond acceptors (Lipinski definition) is 4. The molecule has 0 amide bonds. The van der Waals surface area contributed by atoms with E-state index < -0.39 is 0 Å². The van der Waals surface area contributed by atoms with Gasteiger partial charge in [-0.15, -0.1) is 11.3 Å². The lowest BCUT2D eigenvalue weighted by atomic mass is 10.1. The number of hydrogen-bond donors (Lipinski definition) is 1. The van der Waals surface area contributed by atoms with Crippen LogP contribution in [0.5, 0.6) is 0 Å². The van der Waals surface area contributed by atoms with E-state index in [2.05, 4.69) is 70.8 Å². The van der Waals surface area contributed by atoms with Crippen molar-refractivity contribution in [2.24, 2.45) is 5.73 Å². The van der Waals surface area contributed by atoms with Gasteiger partial charge in [-0.25, -0.2) is 4.98 Å². The van der Waals surface area contributed by atoms with Gasteiger partial charge in [-0.3, -0.25) is 4.90 Å². The van der Waals surface area contributed by atoms with Crippen molar-refractivity contribution >= 4 is 11.3 Å². The topological polar surface area (TPSA) is 42.2 Å². The van der Waals surface area contributed by atoms with E-state index in [1.165, 1.54) is 16.0 Å². The first kappa shape index (κ1) is 17.1. The molecule has 0 saturated carbocycles. The van der Waals surface area contributed by atoms with Gasteiger partial charge in [0.2, 0.25) is 0 Å². The number of nitrogens with two attached hydrogens (primary N) is 1. The summed E-state index contributed by atoms with van der Waals surface area (Å²) in [6.07, 6.45) is 0. The molecule has 1 aromatic carbocycles. The van der Waals surface area contributed by atoms with Crippen LogP contribution in [0.3, 0.4) is 0 Å². The van der Waals surface area contributed by atoms with Crippen molar-refractivity contribution in [1.29, 1.82) is 0 Å². The largest absolute Gasteiger partial charge is 0.324 e. The summed E-state index contributed by atoms with van der Waals surface area (Å²) in [7, 11) is 2.13. The van der Waals surface area contributed by atoms with Crippen molar-refractivity contribution in [1.82, 2.24) is 9.88 Å². The van der Waals surface area contributed by atoms with Crippen LogP contribution in [-0.2, 0) is 0 Å². The average molecular weight is 318 g/mol. The third-order valence-electron chi connectivity index (χ3n) is 3.83. The summed E-state index contributed by atoms with van der Waals surface area (Å²) >= 11 is 1.79. The maximum Gasteiger partial charge on any atom is 0.123 e. The van der Waals surface area contributed by atoms with Crippen LogP contribution in [0.1, 0.15) is 42.9 Å². The molecule has 1 aromatic heterocycles. The lowest BCUT2D eigenvalue weighted by molar-refractivity contribution is 0.217. The van der Waals surface area contributed by atoms with Crippen molar-refractivity contribution in [2.45, 2.75) is 46.2 Å². The molecule has 0 fully saturated rings. The lowest BCUT2D eigenvalue weighted by Crippen LogP contribution is -2.44. The predicted octanol–water partition coefficient (Wildman–Crippen LogP) is 4.16. The quantitative estimate of drug-likeness (QED) is 0.900. The van der Waals surface area contributed by atoms with E-state index in [0.29, 0.717) is 6.04 Å². The molecule has 0 saturated heterocycles. The molecular weight excluding hydrogens is 290 g/mol. The zero-order valence-electron chi connectivity index (χ0n) is 14.5. The summed E-state index contributed by atoms with van der Waals surface area (Å²) in [5.41, 5.74) is 9.54. The fraction of sp³-hybridized carbons (Fsp3) is 0.500. The van der Waals surface area contributed by atoms with Crippen molar-refractivity contribution in [2.75, 3.05) is 13.6 Å². The van der Waals surface area contributed by atoms with Gasteiger partial charge in [0.05, 0.1) is 5.69 Å². The maximum atomic E-state index is 6.15. The SMILES string of the molecule is Cc1ccc(-c2nc(C)c(C(C)N(C)CC(C)(C)N)s2)cc1. The Labute approximate surface area is 138 Å². The predicted molar refractivity (Wildman–Crippen MR) is 96.3 cm³/mol. The molecule has 3 nitrogen and oxygen atoms in total. The number of thiazole rings is 1. The number of likely N-dealkylation sites (N-methyl/N-ethyl adjacent to an activating group) is 1. The van der Waals surface area contributed by atoms with Crippen LogP contribution in [-0.4, -0.2) is 29.0 Å². The molecule has 1 atom stereocenters. The molecule has 22 heavy (non-hydrogen) atoms. The molecule has 0 aliphatic carbocycles. The summed E-state index contributed by atoms with van der Waals surface area (Å²) < 4.78 is 0. The van der Waals surface area contributed by atoms with Gasteiger partial charge in [0, 0.05) is 28.6 Å². The molecule has 120 valence electrons. The zero-order chi connectivity index (χ0) is 16.5. The van der Waals surface area contributed by atoms with Gasteiger partial charge in [-0.1, -0.05) is 29.8 Å². The van der Waals surface area contributed by atoms with Crippen LogP contribution in [0.25, 0.3) is 10.6 Å². The van der Waals surface area contributed by atoms with Gasteiger partial charge in [0.15, 0.2) is 0 Å².